The molecule has 0 fully saturated rings. The van der Waals surface area contributed by atoms with Gasteiger partial charge in [0.2, 0.25) is 0 Å². The molecule has 0 heteroatoms. The van der Waals surface area contributed by atoms with Crippen molar-refractivity contribution in [3.05, 3.63) is 36.0 Å². The van der Waals surface area contributed by atoms with Crippen LogP contribution in [0.1, 0.15) is 68.2 Å². The molecule has 0 aromatic carbocycles. The van der Waals surface area contributed by atoms with E-state index in [-0.39, 0.29) is 5.41 Å². The quantitative estimate of drug-likeness (QED) is 0.492. The first-order chi connectivity index (χ1) is 8.55. The Balaban J connectivity index is 5.50. The van der Waals surface area contributed by atoms with Crippen LogP contribution in [0.3, 0.4) is 0 Å². The van der Waals surface area contributed by atoms with Crippen LogP contribution >= 0.6 is 0 Å². The average molecular weight is 262 g/mol. The third-order valence-electron chi connectivity index (χ3n) is 3.63. The van der Waals surface area contributed by atoms with E-state index in [9.17, 15) is 0 Å². The summed E-state index contributed by atoms with van der Waals surface area (Å²) in [5, 5.41) is 0. The highest BCUT2D eigenvalue weighted by atomic mass is 14.3. The first-order valence-electron chi connectivity index (χ1n) is 7.54. The Morgan fingerprint density at radius 2 is 1.63 bits per heavy atom. The summed E-state index contributed by atoms with van der Waals surface area (Å²) in [5.41, 5.74) is 3.39. The maximum Gasteiger partial charge on any atom is -0.0108 e. The summed E-state index contributed by atoms with van der Waals surface area (Å²) in [6.45, 7) is 22.4. The third-order valence-corrected chi connectivity index (χ3v) is 3.63. The number of hydrogen-bond acceptors (Lipinski definition) is 0. The van der Waals surface area contributed by atoms with Crippen LogP contribution in [0, 0.1) is 16.7 Å². The molecule has 0 amide bonds. The zero-order chi connectivity index (χ0) is 15.3. The normalized spacial score (nSPS) is 16.4. The lowest BCUT2D eigenvalue weighted by Crippen LogP contribution is -2.27. The van der Waals surface area contributed by atoms with E-state index in [2.05, 4.69) is 80.2 Å². The Kier molecular flexibility index (Phi) is 6.83. The van der Waals surface area contributed by atoms with Crippen LogP contribution in [0.5, 0.6) is 0 Å². The van der Waals surface area contributed by atoms with E-state index in [1.54, 1.807) is 0 Å². The topological polar surface area (TPSA) is 0 Å². The number of rotatable bonds is 5. The molecule has 0 bridgehead atoms. The van der Waals surface area contributed by atoms with Gasteiger partial charge in [0.1, 0.15) is 0 Å². The molecule has 0 aliphatic heterocycles. The van der Waals surface area contributed by atoms with E-state index in [1.165, 1.54) is 17.6 Å². The Hall–Kier alpha value is -0.780. The van der Waals surface area contributed by atoms with Crippen molar-refractivity contribution in [2.45, 2.75) is 68.2 Å². The van der Waals surface area contributed by atoms with Crippen molar-refractivity contribution in [3.8, 4) is 0 Å². The third kappa shape index (κ3) is 6.80. The number of hydrogen-bond donors (Lipinski definition) is 0. The maximum atomic E-state index is 4.05. The van der Waals surface area contributed by atoms with E-state index in [0.29, 0.717) is 11.3 Å². The van der Waals surface area contributed by atoms with E-state index >= 15 is 0 Å². The molecule has 0 aromatic heterocycles. The lowest BCUT2D eigenvalue weighted by Gasteiger charge is -2.37. The van der Waals surface area contributed by atoms with Crippen molar-refractivity contribution in [1.82, 2.24) is 0 Å². The first-order valence-corrected chi connectivity index (χ1v) is 7.54. The van der Waals surface area contributed by atoms with Crippen LogP contribution in [0.25, 0.3) is 0 Å². The van der Waals surface area contributed by atoms with Gasteiger partial charge in [-0.2, -0.15) is 0 Å². The summed E-state index contributed by atoms with van der Waals surface area (Å²) in [6, 6.07) is 0. The van der Waals surface area contributed by atoms with Gasteiger partial charge in [0.15, 0.2) is 0 Å². The molecule has 0 aliphatic rings. The summed E-state index contributed by atoms with van der Waals surface area (Å²) in [4.78, 5) is 0. The molecular formula is C19H34. The summed E-state index contributed by atoms with van der Waals surface area (Å²) in [6.07, 6.45) is 8.88. The first kappa shape index (κ1) is 18.2. The predicted octanol–water partition coefficient (Wildman–Crippen LogP) is 6.55. The minimum absolute atomic E-state index is 0.264. The SMILES string of the molecule is C=CC(=CC(=CC)CC)C(CC(C)(C)C)C(C)(C)C. The fraction of sp³-hybridized carbons (Fsp3) is 0.684. The fourth-order valence-electron chi connectivity index (χ4n) is 2.44. The van der Waals surface area contributed by atoms with Crippen LogP contribution in [0.2, 0.25) is 0 Å². The van der Waals surface area contributed by atoms with Crippen LogP contribution < -0.4 is 0 Å². The Morgan fingerprint density at radius 1 is 1.11 bits per heavy atom. The lowest BCUT2D eigenvalue weighted by atomic mass is 9.68. The molecular weight excluding hydrogens is 228 g/mol. The lowest BCUT2D eigenvalue weighted by molar-refractivity contribution is 0.199. The Labute approximate surface area is 121 Å². The summed E-state index contributed by atoms with van der Waals surface area (Å²) in [5.74, 6) is 0.548. The standard InChI is InChI=1S/C19H34/c1-10-15(11-2)13-16(12-3)17(19(7,8)9)14-18(4,5)6/h10,12-13,17H,3,11,14H2,1-2,4-9H3. The molecule has 0 saturated heterocycles. The zero-order valence-corrected chi connectivity index (χ0v) is 14.4. The van der Waals surface area contributed by atoms with Gasteiger partial charge in [0.05, 0.1) is 0 Å². The van der Waals surface area contributed by atoms with Crippen LogP contribution in [0.4, 0.5) is 0 Å². The van der Waals surface area contributed by atoms with Gasteiger partial charge in [-0.15, -0.1) is 0 Å². The molecule has 0 saturated carbocycles. The van der Waals surface area contributed by atoms with Crippen LogP contribution in [0.15, 0.2) is 36.0 Å². The van der Waals surface area contributed by atoms with Crippen LogP contribution in [-0.4, -0.2) is 0 Å². The van der Waals surface area contributed by atoms with Crippen molar-refractivity contribution >= 4 is 0 Å². The summed E-state index contributed by atoms with van der Waals surface area (Å²) >= 11 is 0. The maximum absolute atomic E-state index is 4.05. The smallest absolute Gasteiger partial charge is 0.0108 e. The van der Waals surface area contributed by atoms with Gasteiger partial charge < -0.3 is 0 Å². The molecule has 0 nitrogen and oxygen atoms in total. The van der Waals surface area contributed by atoms with Gasteiger partial charge in [-0.3, -0.25) is 0 Å². The van der Waals surface area contributed by atoms with Gasteiger partial charge in [0, 0.05) is 0 Å². The molecule has 0 radical (unpaired) electrons. The van der Waals surface area contributed by atoms with Crippen molar-refractivity contribution in [1.29, 1.82) is 0 Å². The summed E-state index contributed by atoms with van der Waals surface area (Å²) < 4.78 is 0. The second-order valence-corrected chi connectivity index (χ2v) is 7.75. The molecule has 0 aliphatic carbocycles. The molecule has 0 rings (SSSR count). The molecule has 110 valence electrons. The minimum atomic E-state index is 0.264. The average Bonchev–Trinajstić information content (AvgIpc) is 2.26. The Bertz CT molecular complexity index is 339. The Morgan fingerprint density at radius 3 is 1.89 bits per heavy atom. The van der Waals surface area contributed by atoms with Gasteiger partial charge in [-0.05, 0) is 42.1 Å². The molecule has 1 atom stereocenters. The number of allylic oxidation sites excluding steroid dienone is 5. The second kappa shape index (κ2) is 7.12. The zero-order valence-electron chi connectivity index (χ0n) is 14.4. The fourth-order valence-corrected chi connectivity index (χ4v) is 2.44. The van der Waals surface area contributed by atoms with Gasteiger partial charge >= 0.3 is 0 Å². The van der Waals surface area contributed by atoms with Crippen molar-refractivity contribution in [2.24, 2.45) is 16.7 Å². The highest BCUT2D eigenvalue weighted by Gasteiger charge is 2.30. The molecule has 0 N–H and O–H groups in total. The largest absolute Gasteiger partial charge is 0.0988 e. The highest BCUT2D eigenvalue weighted by molar-refractivity contribution is 5.31. The van der Waals surface area contributed by atoms with Crippen LogP contribution in [-0.2, 0) is 0 Å². The van der Waals surface area contributed by atoms with E-state index in [0.717, 1.165) is 6.42 Å². The van der Waals surface area contributed by atoms with Gasteiger partial charge in [-0.1, -0.05) is 78.8 Å². The molecule has 19 heavy (non-hydrogen) atoms. The van der Waals surface area contributed by atoms with Gasteiger partial charge in [0.25, 0.3) is 0 Å². The minimum Gasteiger partial charge on any atom is -0.0988 e. The molecule has 0 aromatic rings. The van der Waals surface area contributed by atoms with E-state index < -0.39 is 0 Å². The monoisotopic (exact) mass is 262 g/mol. The summed E-state index contributed by atoms with van der Waals surface area (Å²) in [7, 11) is 0. The predicted molar refractivity (Wildman–Crippen MR) is 89.3 cm³/mol. The highest BCUT2D eigenvalue weighted by Crippen LogP contribution is 2.41. The van der Waals surface area contributed by atoms with Crippen molar-refractivity contribution in [2.75, 3.05) is 0 Å². The van der Waals surface area contributed by atoms with Crippen molar-refractivity contribution in [3.63, 3.8) is 0 Å². The molecule has 0 heterocycles. The van der Waals surface area contributed by atoms with Gasteiger partial charge in [-0.25, -0.2) is 0 Å². The van der Waals surface area contributed by atoms with E-state index in [4.69, 9.17) is 0 Å². The molecule has 1 unspecified atom stereocenters. The van der Waals surface area contributed by atoms with E-state index in [1.807, 2.05) is 0 Å². The van der Waals surface area contributed by atoms with Crippen molar-refractivity contribution < 1.29 is 0 Å². The molecule has 0 spiro atoms. The second-order valence-electron chi connectivity index (χ2n) is 7.75.